The topological polar surface area (TPSA) is 79.3 Å². The zero-order valence-electron chi connectivity index (χ0n) is 19.1. The van der Waals surface area contributed by atoms with Crippen LogP contribution >= 0.6 is 0 Å². The fourth-order valence-electron chi connectivity index (χ4n) is 4.79. The van der Waals surface area contributed by atoms with Gasteiger partial charge in [-0.15, -0.1) is 0 Å². The maximum Gasteiger partial charge on any atom is 0.298 e. The Morgan fingerprint density at radius 1 is 1.21 bits per heavy atom. The van der Waals surface area contributed by atoms with E-state index in [0.717, 1.165) is 41.9 Å². The molecule has 1 fully saturated rings. The summed E-state index contributed by atoms with van der Waals surface area (Å²) in [4.78, 5) is 9.29. The van der Waals surface area contributed by atoms with E-state index in [4.69, 9.17) is 14.8 Å². The number of alkyl halides is 2. The number of aromatic nitrogens is 2. The minimum absolute atomic E-state index is 0.0705. The molecule has 0 amide bonds. The molecule has 1 unspecified atom stereocenters. The third-order valence-corrected chi connectivity index (χ3v) is 6.61. The molecule has 1 aromatic heterocycles. The van der Waals surface area contributed by atoms with Gasteiger partial charge in [0, 0.05) is 16.6 Å². The zero-order chi connectivity index (χ0) is 24.0. The van der Waals surface area contributed by atoms with Crippen LogP contribution in [0.25, 0.3) is 10.9 Å². The van der Waals surface area contributed by atoms with E-state index in [2.05, 4.69) is 15.6 Å². The van der Waals surface area contributed by atoms with E-state index in [1.165, 1.54) is 23.3 Å². The average Bonchev–Trinajstić information content (AvgIpc) is 3.27. The number of nitrogens with one attached hydrogen (secondary N) is 2. The fourth-order valence-corrected chi connectivity index (χ4v) is 4.79. The first-order valence-electron chi connectivity index (χ1n) is 11.5. The Morgan fingerprint density at radius 2 is 1.97 bits per heavy atom. The summed E-state index contributed by atoms with van der Waals surface area (Å²) < 4.78 is 48.4. The molecule has 0 radical (unpaired) electrons. The number of hydrogen-bond donors (Lipinski definition) is 3. The van der Waals surface area contributed by atoms with Crippen LogP contribution in [0.4, 0.5) is 24.7 Å². The lowest BCUT2D eigenvalue weighted by Gasteiger charge is -2.29. The van der Waals surface area contributed by atoms with Gasteiger partial charge >= 0.3 is 0 Å². The van der Waals surface area contributed by atoms with Crippen molar-refractivity contribution in [3.8, 4) is 0 Å². The number of aliphatic hydroxyl groups excluding tert-OH is 1. The minimum Gasteiger partial charge on any atom is -0.390 e. The highest BCUT2D eigenvalue weighted by atomic mass is 19.3. The van der Waals surface area contributed by atoms with Crippen molar-refractivity contribution in [2.75, 3.05) is 30.5 Å². The second-order valence-electron chi connectivity index (χ2n) is 9.07. The molecule has 2 heterocycles. The Labute approximate surface area is 195 Å². The summed E-state index contributed by atoms with van der Waals surface area (Å²) in [5, 5.41) is 16.6. The van der Waals surface area contributed by atoms with Gasteiger partial charge in [-0.05, 0) is 56.4 Å². The van der Waals surface area contributed by atoms with E-state index < -0.39 is 30.0 Å². The van der Waals surface area contributed by atoms with Crippen molar-refractivity contribution in [3.05, 3.63) is 58.2 Å². The number of fused-ring (bicyclic) bond motifs is 3. The Hall–Kier alpha value is -2.91. The van der Waals surface area contributed by atoms with Crippen molar-refractivity contribution < 1.29 is 23.0 Å². The quantitative estimate of drug-likeness (QED) is 0.465. The maximum absolute atomic E-state index is 15.0. The van der Waals surface area contributed by atoms with E-state index in [-0.39, 0.29) is 11.6 Å². The molecule has 5 rings (SSSR count). The monoisotopic (exact) mass is 472 g/mol. The molecule has 2 aliphatic rings. The second kappa shape index (κ2) is 8.70. The zero-order valence-corrected chi connectivity index (χ0v) is 19.1. The molecule has 180 valence electrons. The van der Waals surface area contributed by atoms with Gasteiger partial charge in [-0.25, -0.2) is 14.4 Å². The maximum atomic E-state index is 15.0. The SMILES string of the molecule is Cc1nc(NC(C)c2cccc(C(F)(F)CO)c2F)c2cc(NC3COC3)c3c(c2n1)CCC3. The van der Waals surface area contributed by atoms with Crippen LogP contribution in [0.15, 0.2) is 24.3 Å². The summed E-state index contributed by atoms with van der Waals surface area (Å²) in [6.07, 6.45) is 2.94. The molecule has 2 aromatic carbocycles. The molecule has 0 bridgehead atoms. The number of ether oxygens (including phenoxy) is 1. The molecular weight excluding hydrogens is 445 g/mol. The molecule has 3 N–H and O–H groups in total. The third-order valence-electron chi connectivity index (χ3n) is 6.61. The first kappa shape index (κ1) is 22.9. The molecule has 6 nitrogen and oxygen atoms in total. The summed E-state index contributed by atoms with van der Waals surface area (Å²) in [7, 11) is 0. The van der Waals surface area contributed by atoms with Crippen LogP contribution in [0.1, 0.15) is 47.5 Å². The van der Waals surface area contributed by atoms with Crippen LogP contribution in [-0.2, 0) is 23.5 Å². The van der Waals surface area contributed by atoms with Gasteiger partial charge in [-0.3, -0.25) is 0 Å². The standard InChI is InChI=1S/C25H27F3N4O2/c1-13(16-5-4-8-20(22(16)26)25(27,28)12-33)29-24-19-9-21(32-15-10-34-11-15)17-6-3-7-18(17)23(19)30-14(2)31-24/h4-5,8-9,13,15,32-33H,3,6-7,10-12H2,1-2H3,(H,29,30,31). The molecule has 0 spiro atoms. The number of aliphatic hydroxyl groups is 1. The highest BCUT2D eigenvalue weighted by Gasteiger charge is 2.35. The van der Waals surface area contributed by atoms with E-state index in [1.807, 2.05) is 6.07 Å². The molecule has 34 heavy (non-hydrogen) atoms. The van der Waals surface area contributed by atoms with Crippen LogP contribution in [0.3, 0.4) is 0 Å². The number of benzene rings is 2. The molecular formula is C25H27F3N4O2. The van der Waals surface area contributed by atoms with Gasteiger partial charge in [0.25, 0.3) is 5.92 Å². The summed E-state index contributed by atoms with van der Waals surface area (Å²) in [5.41, 5.74) is 3.61. The molecule has 9 heteroatoms. The average molecular weight is 473 g/mol. The predicted molar refractivity (Wildman–Crippen MR) is 124 cm³/mol. The molecule has 1 atom stereocenters. The highest BCUT2D eigenvalue weighted by molar-refractivity contribution is 5.96. The Kier molecular flexibility index (Phi) is 5.85. The van der Waals surface area contributed by atoms with Gasteiger partial charge in [0.15, 0.2) is 0 Å². The first-order valence-corrected chi connectivity index (χ1v) is 11.5. The summed E-state index contributed by atoms with van der Waals surface area (Å²) >= 11 is 0. The normalized spacial score (nSPS) is 16.9. The molecule has 3 aromatic rings. The number of aryl methyl sites for hydroxylation is 2. The van der Waals surface area contributed by atoms with E-state index in [9.17, 15) is 8.78 Å². The summed E-state index contributed by atoms with van der Waals surface area (Å²) in [6.45, 7) is 3.36. The number of rotatable bonds is 7. The smallest absolute Gasteiger partial charge is 0.298 e. The number of anilines is 2. The second-order valence-corrected chi connectivity index (χ2v) is 9.07. The van der Waals surface area contributed by atoms with E-state index in [0.29, 0.717) is 24.9 Å². The van der Waals surface area contributed by atoms with Gasteiger partial charge in [0.1, 0.15) is 24.1 Å². The lowest BCUT2D eigenvalue weighted by atomic mass is 9.99. The van der Waals surface area contributed by atoms with Crippen molar-refractivity contribution in [2.45, 2.75) is 51.1 Å². The number of nitrogens with zero attached hydrogens (tertiary/aromatic N) is 2. The molecule has 0 saturated carbocycles. The van der Waals surface area contributed by atoms with Crippen molar-refractivity contribution in [3.63, 3.8) is 0 Å². The van der Waals surface area contributed by atoms with Crippen molar-refractivity contribution in [1.29, 1.82) is 0 Å². The van der Waals surface area contributed by atoms with Crippen LogP contribution in [-0.4, -0.2) is 40.9 Å². The highest BCUT2D eigenvalue weighted by Crippen LogP contribution is 2.39. The van der Waals surface area contributed by atoms with Crippen LogP contribution in [0.5, 0.6) is 0 Å². The number of hydrogen-bond acceptors (Lipinski definition) is 6. The Bertz CT molecular complexity index is 1250. The summed E-state index contributed by atoms with van der Waals surface area (Å²) in [5.74, 6) is -3.60. The van der Waals surface area contributed by atoms with Crippen LogP contribution in [0.2, 0.25) is 0 Å². The minimum atomic E-state index is -3.66. The van der Waals surface area contributed by atoms with E-state index >= 15 is 4.39 Å². The van der Waals surface area contributed by atoms with Crippen LogP contribution < -0.4 is 10.6 Å². The fraction of sp³-hybridized carbons (Fsp3) is 0.440. The summed E-state index contributed by atoms with van der Waals surface area (Å²) in [6, 6.07) is 5.46. The molecule has 1 aliphatic heterocycles. The van der Waals surface area contributed by atoms with Crippen molar-refractivity contribution in [2.24, 2.45) is 0 Å². The van der Waals surface area contributed by atoms with Gasteiger partial charge in [-0.2, -0.15) is 8.78 Å². The van der Waals surface area contributed by atoms with Gasteiger partial charge in [-0.1, -0.05) is 12.1 Å². The largest absolute Gasteiger partial charge is 0.390 e. The van der Waals surface area contributed by atoms with Crippen LogP contribution in [0, 0.1) is 12.7 Å². The lowest BCUT2D eigenvalue weighted by Crippen LogP contribution is -2.40. The van der Waals surface area contributed by atoms with Gasteiger partial charge < -0.3 is 20.5 Å². The Balaban J connectivity index is 1.55. The van der Waals surface area contributed by atoms with Crippen molar-refractivity contribution in [1.82, 2.24) is 9.97 Å². The lowest BCUT2D eigenvalue weighted by molar-refractivity contribution is -0.0583. The predicted octanol–water partition coefficient (Wildman–Crippen LogP) is 4.63. The number of halogens is 3. The first-order chi connectivity index (χ1) is 16.3. The van der Waals surface area contributed by atoms with Gasteiger partial charge in [0.05, 0.1) is 36.4 Å². The third kappa shape index (κ3) is 3.96. The van der Waals surface area contributed by atoms with Gasteiger partial charge in [0.2, 0.25) is 0 Å². The van der Waals surface area contributed by atoms with E-state index in [1.54, 1.807) is 13.8 Å². The molecule has 1 saturated heterocycles. The van der Waals surface area contributed by atoms with Crippen molar-refractivity contribution >= 4 is 22.4 Å². The Morgan fingerprint density at radius 3 is 2.68 bits per heavy atom. The molecule has 1 aliphatic carbocycles.